The molecule has 1 aromatic heterocycles. The predicted molar refractivity (Wildman–Crippen MR) is 94.9 cm³/mol. The Balaban J connectivity index is 1.53. The molecule has 0 spiro atoms. The molecule has 1 N–H and O–H groups in total. The number of aromatic nitrogens is 2. The number of alkyl halides is 3. The van der Waals surface area contributed by atoms with Gasteiger partial charge in [0.1, 0.15) is 5.75 Å². The van der Waals surface area contributed by atoms with Gasteiger partial charge in [-0.05, 0) is 31.0 Å². The van der Waals surface area contributed by atoms with Crippen LogP contribution in [0.5, 0.6) is 5.75 Å². The van der Waals surface area contributed by atoms with Gasteiger partial charge < -0.3 is 9.84 Å². The number of rotatable bonds is 4. The van der Waals surface area contributed by atoms with Crippen LogP contribution in [-0.4, -0.2) is 51.4 Å². The topological polar surface area (TPSA) is 67.6 Å². The van der Waals surface area contributed by atoms with E-state index in [1.54, 1.807) is 0 Å². The lowest BCUT2D eigenvalue weighted by molar-refractivity contribution is -0.137. The average Bonchev–Trinajstić information content (AvgIpc) is 2.98. The molecular formula is C19H20F3N3O3. The van der Waals surface area contributed by atoms with E-state index >= 15 is 0 Å². The van der Waals surface area contributed by atoms with Gasteiger partial charge in [-0.3, -0.25) is 14.3 Å². The molecule has 2 aliphatic rings. The minimum absolute atomic E-state index is 0.0317. The number of benzene rings is 1. The van der Waals surface area contributed by atoms with Crippen molar-refractivity contribution < 1.29 is 23.0 Å². The molecule has 6 nitrogen and oxygen atoms in total. The first-order chi connectivity index (χ1) is 13.3. The lowest BCUT2D eigenvalue weighted by Crippen LogP contribution is -2.44. The SMILES string of the molecule is O=c1c(-c2ccc(C(F)(F)F)cc2O)cncn1CCN1CC2CCC(C1)O2. The van der Waals surface area contributed by atoms with Crippen molar-refractivity contribution in [1.29, 1.82) is 0 Å². The van der Waals surface area contributed by atoms with E-state index in [4.69, 9.17) is 4.74 Å². The Morgan fingerprint density at radius 1 is 1.14 bits per heavy atom. The largest absolute Gasteiger partial charge is 0.507 e. The summed E-state index contributed by atoms with van der Waals surface area (Å²) in [6, 6.07) is 2.56. The van der Waals surface area contributed by atoms with Gasteiger partial charge >= 0.3 is 6.18 Å². The molecule has 150 valence electrons. The second-order valence-corrected chi connectivity index (χ2v) is 7.25. The second kappa shape index (κ2) is 7.21. The summed E-state index contributed by atoms with van der Waals surface area (Å²) in [4.78, 5) is 19.0. The highest BCUT2D eigenvalue weighted by Gasteiger charge is 2.33. The van der Waals surface area contributed by atoms with Crippen molar-refractivity contribution >= 4 is 0 Å². The van der Waals surface area contributed by atoms with Crippen molar-refractivity contribution in [2.24, 2.45) is 0 Å². The van der Waals surface area contributed by atoms with Crippen LogP contribution in [0.3, 0.4) is 0 Å². The molecule has 28 heavy (non-hydrogen) atoms. The Morgan fingerprint density at radius 2 is 1.86 bits per heavy atom. The van der Waals surface area contributed by atoms with E-state index in [1.807, 2.05) is 0 Å². The first-order valence-corrected chi connectivity index (χ1v) is 9.14. The number of hydrogen-bond acceptors (Lipinski definition) is 5. The molecule has 0 aliphatic carbocycles. The van der Waals surface area contributed by atoms with E-state index in [1.165, 1.54) is 17.1 Å². The molecule has 3 heterocycles. The number of ether oxygens (including phenoxy) is 1. The predicted octanol–water partition coefficient (Wildman–Crippen LogP) is 2.50. The number of phenols is 1. The fourth-order valence-corrected chi connectivity index (χ4v) is 3.86. The summed E-state index contributed by atoms with van der Waals surface area (Å²) in [5.74, 6) is -0.601. The van der Waals surface area contributed by atoms with E-state index in [2.05, 4.69) is 9.88 Å². The minimum Gasteiger partial charge on any atom is -0.507 e. The van der Waals surface area contributed by atoms with Gasteiger partial charge in [0.25, 0.3) is 5.56 Å². The standard InChI is InChI=1S/C19H20F3N3O3/c20-19(21,22)12-1-4-15(17(26)7-12)16-8-23-11-25(18(16)27)6-5-24-9-13-2-3-14(10-24)28-13/h1,4,7-8,11,13-14,26H,2-3,5-6,9-10H2. The number of morpholine rings is 1. The molecule has 0 amide bonds. The highest BCUT2D eigenvalue weighted by molar-refractivity contribution is 5.69. The van der Waals surface area contributed by atoms with Crippen molar-refractivity contribution in [3.63, 3.8) is 0 Å². The Hall–Kier alpha value is -2.39. The van der Waals surface area contributed by atoms with Crippen LogP contribution in [0.15, 0.2) is 35.5 Å². The van der Waals surface area contributed by atoms with Gasteiger partial charge in [-0.2, -0.15) is 13.2 Å². The van der Waals surface area contributed by atoms with Crippen LogP contribution in [0.1, 0.15) is 18.4 Å². The first-order valence-electron chi connectivity index (χ1n) is 9.14. The van der Waals surface area contributed by atoms with Crippen LogP contribution in [0, 0.1) is 0 Å². The van der Waals surface area contributed by atoms with Gasteiger partial charge in [0, 0.05) is 37.9 Å². The maximum absolute atomic E-state index is 12.8. The lowest BCUT2D eigenvalue weighted by Gasteiger charge is -2.32. The number of aromatic hydroxyl groups is 1. The van der Waals surface area contributed by atoms with Gasteiger partial charge in [0.05, 0.1) is 29.7 Å². The minimum atomic E-state index is -4.57. The van der Waals surface area contributed by atoms with Gasteiger partial charge in [-0.25, -0.2) is 4.98 Å². The molecule has 0 saturated carbocycles. The van der Waals surface area contributed by atoms with E-state index in [0.717, 1.165) is 38.1 Å². The zero-order valence-corrected chi connectivity index (χ0v) is 15.0. The van der Waals surface area contributed by atoms with E-state index < -0.39 is 23.0 Å². The number of fused-ring (bicyclic) bond motifs is 2. The molecule has 2 bridgehead atoms. The van der Waals surface area contributed by atoms with Gasteiger partial charge in [-0.1, -0.05) is 0 Å². The highest BCUT2D eigenvalue weighted by Crippen LogP contribution is 2.35. The highest BCUT2D eigenvalue weighted by atomic mass is 19.4. The molecule has 2 aliphatic heterocycles. The van der Waals surface area contributed by atoms with Crippen LogP contribution >= 0.6 is 0 Å². The molecule has 1 aromatic carbocycles. The lowest BCUT2D eigenvalue weighted by atomic mass is 10.0. The first kappa shape index (κ1) is 18.9. The summed E-state index contributed by atoms with van der Waals surface area (Å²) in [5, 5.41) is 10.0. The molecule has 2 atom stereocenters. The van der Waals surface area contributed by atoms with E-state index in [-0.39, 0.29) is 23.3 Å². The third-order valence-corrected chi connectivity index (χ3v) is 5.29. The summed E-state index contributed by atoms with van der Waals surface area (Å²) in [5.41, 5.74) is -1.28. The summed E-state index contributed by atoms with van der Waals surface area (Å²) >= 11 is 0. The summed E-state index contributed by atoms with van der Waals surface area (Å²) in [6.07, 6.45) is 0.727. The van der Waals surface area contributed by atoms with Crippen molar-refractivity contribution in [3.8, 4) is 16.9 Å². The number of halogens is 3. The molecule has 0 radical (unpaired) electrons. The van der Waals surface area contributed by atoms with Crippen molar-refractivity contribution in [2.75, 3.05) is 19.6 Å². The third-order valence-electron chi connectivity index (χ3n) is 5.29. The van der Waals surface area contributed by atoms with Crippen molar-refractivity contribution in [2.45, 2.75) is 37.8 Å². The smallest absolute Gasteiger partial charge is 0.416 e. The van der Waals surface area contributed by atoms with Gasteiger partial charge in [0.15, 0.2) is 0 Å². The Labute approximate surface area is 159 Å². The molecule has 2 fully saturated rings. The van der Waals surface area contributed by atoms with Crippen LogP contribution in [-0.2, 0) is 17.5 Å². The number of nitrogens with zero attached hydrogens (tertiary/aromatic N) is 3. The van der Waals surface area contributed by atoms with Gasteiger partial charge in [0.2, 0.25) is 0 Å². The fraction of sp³-hybridized carbons (Fsp3) is 0.474. The maximum atomic E-state index is 12.8. The van der Waals surface area contributed by atoms with Crippen LogP contribution in [0.25, 0.3) is 11.1 Å². The third kappa shape index (κ3) is 3.77. The number of likely N-dealkylation sites (tertiary alicyclic amines) is 1. The summed E-state index contributed by atoms with van der Waals surface area (Å²) < 4.78 is 45.6. The molecule has 2 aromatic rings. The maximum Gasteiger partial charge on any atom is 0.416 e. The number of phenolic OH excluding ortho intramolecular Hbond substituents is 1. The van der Waals surface area contributed by atoms with Crippen molar-refractivity contribution in [1.82, 2.24) is 14.5 Å². The Kier molecular flexibility index (Phi) is 4.88. The Morgan fingerprint density at radius 3 is 2.50 bits per heavy atom. The van der Waals surface area contributed by atoms with E-state index in [0.29, 0.717) is 19.2 Å². The average molecular weight is 395 g/mol. The molecule has 2 unspecified atom stereocenters. The summed E-state index contributed by atoms with van der Waals surface area (Å²) in [7, 11) is 0. The van der Waals surface area contributed by atoms with Crippen LogP contribution in [0.2, 0.25) is 0 Å². The quantitative estimate of drug-likeness (QED) is 0.862. The second-order valence-electron chi connectivity index (χ2n) is 7.25. The normalized spacial score (nSPS) is 22.5. The molecule has 2 saturated heterocycles. The van der Waals surface area contributed by atoms with Crippen LogP contribution < -0.4 is 5.56 Å². The van der Waals surface area contributed by atoms with Gasteiger partial charge in [-0.15, -0.1) is 0 Å². The monoisotopic (exact) mass is 395 g/mol. The number of hydrogen-bond donors (Lipinski definition) is 1. The molecule has 4 rings (SSSR count). The molecule has 9 heteroatoms. The fourth-order valence-electron chi connectivity index (χ4n) is 3.86. The van der Waals surface area contributed by atoms with Crippen LogP contribution in [0.4, 0.5) is 13.2 Å². The van der Waals surface area contributed by atoms with E-state index in [9.17, 15) is 23.1 Å². The summed E-state index contributed by atoms with van der Waals surface area (Å²) in [6.45, 7) is 2.72. The molecular weight excluding hydrogens is 375 g/mol. The zero-order valence-electron chi connectivity index (χ0n) is 15.0. The Bertz CT molecular complexity index is 917. The zero-order chi connectivity index (χ0) is 19.9. The van der Waals surface area contributed by atoms with Crippen molar-refractivity contribution in [3.05, 3.63) is 46.6 Å².